The van der Waals surface area contributed by atoms with Crippen molar-refractivity contribution in [2.45, 2.75) is 26.3 Å². The predicted octanol–water partition coefficient (Wildman–Crippen LogP) is 0.755. The van der Waals surface area contributed by atoms with Crippen LogP contribution in [-0.2, 0) is 26.2 Å². The van der Waals surface area contributed by atoms with Crippen molar-refractivity contribution in [1.29, 1.82) is 0 Å². The molecule has 2 heterocycles. The van der Waals surface area contributed by atoms with Crippen LogP contribution >= 0.6 is 0 Å². The second-order valence-electron chi connectivity index (χ2n) is 5.91. The highest BCUT2D eigenvalue weighted by atomic mass is 32.2. The monoisotopic (exact) mass is 363 g/mol. The number of carbonyl (C=O) groups is 2. The molecule has 3 rings (SSSR count). The molecule has 1 N–H and O–H groups in total. The molecule has 1 aromatic carbocycles. The van der Waals surface area contributed by atoms with Gasteiger partial charge in [0.15, 0.2) is 0 Å². The van der Waals surface area contributed by atoms with Gasteiger partial charge in [0, 0.05) is 19.6 Å². The summed E-state index contributed by atoms with van der Waals surface area (Å²) in [5, 5.41) is 3.28. The third-order valence-electron chi connectivity index (χ3n) is 4.53. The standard InChI is InChI=1S/C17H21N3O4S/c1-3-19-16(21)14(17(22)20(4-2)25(19,23)24)11-15-13-8-6-5-7-12(13)9-10-18-15/h5-8,11,15,18H,3-4,9-10H2,1-2H3. The maximum Gasteiger partial charge on any atom is 0.331 e. The fourth-order valence-corrected chi connectivity index (χ4v) is 4.80. The minimum Gasteiger partial charge on any atom is -0.306 e. The lowest BCUT2D eigenvalue weighted by atomic mass is 9.93. The highest BCUT2D eigenvalue weighted by molar-refractivity contribution is 7.88. The number of likely N-dealkylation sites (N-methyl/N-ethyl adjacent to an activating group) is 2. The van der Waals surface area contributed by atoms with E-state index in [1.165, 1.54) is 0 Å². The molecular formula is C17H21N3O4S. The number of amides is 2. The topological polar surface area (TPSA) is 86.8 Å². The Morgan fingerprint density at radius 1 is 1.12 bits per heavy atom. The largest absolute Gasteiger partial charge is 0.331 e. The van der Waals surface area contributed by atoms with Crippen LogP contribution in [0.15, 0.2) is 35.9 Å². The Hall–Kier alpha value is -2.19. The molecule has 1 atom stereocenters. The van der Waals surface area contributed by atoms with Crippen LogP contribution in [0.1, 0.15) is 31.0 Å². The smallest absolute Gasteiger partial charge is 0.306 e. The second-order valence-corrected chi connectivity index (χ2v) is 7.69. The minimum atomic E-state index is -4.09. The Balaban J connectivity index is 2.06. The first-order valence-corrected chi connectivity index (χ1v) is 9.73. The molecule has 1 aromatic rings. The van der Waals surface area contributed by atoms with Gasteiger partial charge in [-0.3, -0.25) is 9.59 Å². The van der Waals surface area contributed by atoms with E-state index in [0.717, 1.165) is 32.7 Å². The van der Waals surface area contributed by atoms with E-state index in [9.17, 15) is 18.0 Å². The van der Waals surface area contributed by atoms with Crippen LogP contribution in [0.4, 0.5) is 0 Å². The highest BCUT2D eigenvalue weighted by Crippen LogP contribution is 2.28. The third kappa shape index (κ3) is 2.85. The quantitative estimate of drug-likeness (QED) is 0.633. The van der Waals surface area contributed by atoms with E-state index in [0.29, 0.717) is 0 Å². The zero-order valence-corrected chi connectivity index (χ0v) is 15.0. The Morgan fingerprint density at radius 3 is 2.32 bits per heavy atom. The molecule has 2 amide bonds. The fraction of sp³-hybridized carbons (Fsp3) is 0.412. The lowest BCUT2D eigenvalue weighted by Crippen LogP contribution is -2.56. The van der Waals surface area contributed by atoms with Crippen molar-refractivity contribution in [3.63, 3.8) is 0 Å². The van der Waals surface area contributed by atoms with Crippen molar-refractivity contribution in [3.8, 4) is 0 Å². The normalized spacial score (nSPS) is 22.8. The molecular weight excluding hydrogens is 342 g/mol. The van der Waals surface area contributed by atoms with Gasteiger partial charge in [0.25, 0.3) is 11.8 Å². The summed E-state index contributed by atoms with van der Waals surface area (Å²) >= 11 is 0. The Morgan fingerprint density at radius 2 is 1.72 bits per heavy atom. The molecule has 0 radical (unpaired) electrons. The summed E-state index contributed by atoms with van der Waals surface area (Å²) in [6.07, 6.45) is 2.43. The zero-order chi connectivity index (χ0) is 18.2. The summed E-state index contributed by atoms with van der Waals surface area (Å²) < 4.78 is 26.3. The van der Waals surface area contributed by atoms with Gasteiger partial charge in [-0.05, 0) is 37.5 Å². The third-order valence-corrected chi connectivity index (χ3v) is 6.49. The van der Waals surface area contributed by atoms with Gasteiger partial charge < -0.3 is 5.32 Å². The van der Waals surface area contributed by atoms with Gasteiger partial charge in [-0.25, -0.2) is 8.61 Å². The Bertz CT molecular complexity index is 815. The van der Waals surface area contributed by atoms with E-state index >= 15 is 0 Å². The van der Waals surface area contributed by atoms with Crippen LogP contribution in [0.5, 0.6) is 0 Å². The van der Waals surface area contributed by atoms with Crippen molar-refractivity contribution < 1.29 is 18.0 Å². The molecule has 0 saturated carbocycles. The van der Waals surface area contributed by atoms with Gasteiger partial charge in [0.1, 0.15) is 5.57 Å². The molecule has 7 nitrogen and oxygen atoms in total. The maximum absolute atomic E-state index is 12.6. The molecule has 8 heteroatoms. The SMILES string of the molecule is CCN1C(=O)C(=CC2NCCc3ccccc32)C(=O)N(CC)S1(=O)=O. The second kappa shape index (κ2) is 6.61. The zero-order valence-electron chi connectivity index (χ0n) is 14.2. The molecule has 2 aliphatic rings. The Labute approximate surface area is 147 Å². The average Bonchev–Trinajstić information content (AvgIpc) is 2.59. The molecule has 0 aliphatic carbocycles. The van der Waals surface area contributed by atoms with Gasteiger partial charge in [0.05, 0.1) is 6.04 Å². The maximum atomic E-state index is 12.6. The first kappa shape index (κ1) is 17.6. The highest BCUT2D eigenvalue weighted by Gasteiger charge is 2.45. The van der Waals surface area contributed by atoms with E-state index in [1.807, 2.05) is 24.3 Å². The van der Waals surface area contributed by atoms with Gasteiger partial charge in [-0.1, -0.05) is 24.3 Å². The summed E-state index contributed by atoms with van der Waals surface area (Å²) in [6.45, 7) is 3.84. The molecule has 25 heavy (non-hydrogen) atoms. The van der Waals surface area contributed by atoms with Gasteiger partial charge in [-0.15, -0.1) is 0 Å². The molecule has 0 bridgehead atoms. The fourth-order valence-electron chi connectivity index (χ4n) is 3.30. The van der Waals surface area contributed by atoms with Gasteiger partial charge in [0.2, 0.25) is 0 Å². The van der Waals surface area contributed by atoms with Crippen LogP contribution in [0.25, 0.3) is 0 Å². The lowest BCUT2D eigenvalue weighted by molar-refractivity contribution is -0.131. The van der Waals surface area contributed by atoms with Crippen molar-refractivity contribution >= 4 is 22.0 Å². The van der Waals surface area contributed by atoms with E-state index in [1.54, 1.807) is 19.9 Å². The molecule has 134 valence electrons. The van der Waals surface area contributed by atoms with E-state index < -0.39 is 22.0 Å². The Kier molecular flexibility index (Phi) is 4.66. The molecule has 2 aliphatic heterocycles. The van der Waals surface area contributed by atoms with E-state index in [2.05, 4.69) is 5.32 Å². The number of carbonyl (C=O) groups excluding carboxylic acids is 2. The molecule has 1 unspecified atom stereocenters. The molecule has 1 fully saturated rings. The van der Waals surface area contributed by atoms with E-state index in [-0.39, 0.29) is 24.7 Å². The number of fused-ring (bicyclic) bond motifs is 1. The van der Waals surface area contributed by atoms with Crippen LogP contribution in [0, 0.1) is 0 Å². The average molecular weight is 363 g/mol. The van der Waals surface area contributed by atoms with Crippen molar-refractivity contribution in [2.24, 2.45) is 0 Å². The predicted molar refractivity (Wildman–Crippen MR) is 92.7 cm³/mol. The van der Waals surface area contributed by atoms with Crippen molar-refractivity contribution in [1.82, 2.24) is 13.9 Å². The number of rotatable bonds is 3. The van der Waals surface area contributed by atoms with Crippen LogP contribution in [0.2, 0.25) is 0 Å². The van der Waals surface area contributed by atoms with Crippen molar-refractivity contribution in [3.05, 3.63) is 47.0 Å². The molecule has 0 aromatic heterocycles. The summed E-state index contributed by atoms with van der Waals surface area (Å²) in [7, 11) is -4.09. The summed E-state index contributed by atoms with van der Waals surface area (Å²) in [5.74, 6) is -1.52. The first-order valence-electron chi connectivity index (χ1n) is 8.33. The van der Waals surface area contributed by atoms with Gasteiger partial charge >= 0.3 is 10.2 Å². The van der Waals surface area contributed by atoms with Crippen molar-refractivity contribution in [2.75, 3.05) is 19.6 Å². The summed E-state index contributed by atoms with van der Waals surface area (Å²) in [4.78, 5) is 25.3. The van der Waals surface area contributed by atoms with E-state index in [4.69, 9.17) is 0 Å². The van der Waals surface area contributed by atoms with Crippen LogP contribution in [0.3, 0.4) is 0 Å². The number of benzene rings is 1. The molecule has 1 saturated heterocycles. The number of nitrogens with zero attached hydrogens (tertiary/aromatic N) is 2. The summed E-state index contributed by atoms with van der Waals surface area (Å²) in [5.41, 5.74) is 2.06. The summed E-state index contributed by atoms with van der Waals surface area (Å²) in [6, 6.07) is 7.53. The van der Waals surface area contributed by atoms with Crippen LogP contribution < -0.4 is 5.32 Å². The van der Waals surface area contributed by atoms with Gasteiger partial charge in [-0.2, -0.15) is 8.42 Å². The molecule has 0 spiro atoms. The lowest BCUT2D eigenvalue weighted by Gasteiger charge is -2.35. The number of hydrogen-bond donors (Lipinski definition) is 1. The minimum absolute atomic E-state index is 0.0169. The number of nitrogens with one attached hydrogen (secondary N) is 1. The van der Waals surface area contributed by atoms with Crippen LogP contribution in [-0.4, -0.2) is 48.5 Å². The first-order chi connectivity index (χ1) is 11.9. The number of hydrogen-bond acceptors (Lipinski definition) is 5.